The van der Waals surface area contributed by atoms with E-state index in [1.54, 1.807) is 36.0 Å². The molecule has 2 aromatic rings. The van der Waals surface area contributed by atoms with Crippen LogP contribution in [0.25, 0.3) is 0 Å². The van der Waals surface area contributed by atoms with E-state index in [-0.39, 0.29) is 18.4 Å². The Morgan fingerprint density at radius 3 is 2.62 bits per heavy atom. The van der Waals surface area contributed by atoms with Gasteiger partial charge in [-0.15, -0.1) is 0 Å². The molecule has 0 fully saturated rings. The number of nitrogens with zero attached hydrogens (tertiary/aromatic N) is 2. The predicted molar refractivity (Wildman–Crippen MR) is 92.0 cm³/mol. The monoisotopic (exact) mass is 330 g/mol. The van der Waals surface area contributed by atoms with E-state index in [4.69, 9.17) is 4.74 Å². The molecular weight excluding hydrogens is 308 g/mol. The van der Waals surface area contributed by atoms with Crippen molar-refractivity contribution in [2.24, 2.45) is 0 Å². The number of aryl methyl sites for hydroxylation is 2. The second-order valence-electron chi connectivity index (χ2n) is 5.67. The maximum Gasteiger partial charge on any atom is 0.250 e. The molecule has 0 aliphatic rings. The molecule has 0 bridgehead atoms. The molecule has 2 N–H and O–H groups in total. The van der Waals surface area contributed by atoms with Gasteiger partial charge in [-0.2, -0.15) is 5.10 Å². The van der Waals surface area contributed by atoms with Crippen LogP contribution in [0.15, 0.2) is 30.6 Å². The van der Waals surface area contributed by atoms with Crippen LogP contribution in [-0.4, -0.2) is 35.3 Å². The van der Waals surface area contributed by atoms with Crippen LogP contribution < -0.4 is 10.6 Å². The number of hydrogen-bond acceptors (Lipinski definition) is 4. The highest BCUT2D eigenvalue weighted by Gasteiger charge is 2.16. The molecule has 7 nitrogen and oxygen atoms in total. The molecule has 2 rings (SSSR count). The molecule has 0 spiro atoms. The van der Waals surface area contributed by atoms with Gasteiger partial charge >= 0.3 is 0 Å². The number of aromatic nitrogens is 2. The fraction of sp³-hybridized carbons (Fsp3) is 0.353. The molecule has 1 unspecified atom stereocenters. The molecular formula is C17H22N4O3. The molecule has 0 saturated carbocycles. The normalized spacial score (nSPS) is 11.8. The van der Waals surface area contributed by atoms with Crippen LogP contribution in [0.3, 0.4) is 0 Å². The lowest BCUT2D eigenvalue weighted by atomic mass is 10.1. The summed E-state index contributed by atoms with van der Waals surface area (Å²) in [6.07, 6.45) is 3.54. The summed E-state index contributed by atoms with van der Waals surface area (Å²) in [4.78, 5) is 23.9. The molecule has 1 aromatic heterocycles. The van der Waals surface area contributed by atoms with Crippen LogP contribution >= 0.6 is 0 Å². The summed E-state index contributed by atoms with van der Waals surface area (Å²) in [6.45, 7) is 5.57. The van der Waals surface area contributed by atoms with Crippen molar-refractivity contribution < 1.29 is 14.3 Å². The second kappa shape index (κ2) is 7.74. The van der Waals surface area contributed by atoms with Gasteiger partial charge in [-0.25, -0.2) is 0 Å². The standard InChI is InChI=1S/C17H22N4O3/c1-11-8-18-21(9-11)13(3)17(23)19-14-5-6-15(12(2)7-14)20-16(22)10-24-4/h5-9,13H,10H2,1-4H3,(H,19,23)(H,20,22). The molecule has 7 heteroatoms. The molecule has 1 atom stereocenters. The number of ether oxygens (including phenoxy) is 1. The van der Waals surface area contributed by atoms with E-state index < -0.39 is 6.04 Å². The smallest absolute Gasteiger partial charge is 0.250 e. The van der Waals surface area contributed by atoms with Gasteiger partial charge in [-0.3, -0.25) is 14.3 Å². The number of hydrogen-bond donors (Lipinski definition) is 2. The lowest BCUT2D eigenvalue weighted by molar-refractivity contribution is -0.120. The molecule has 0 aliphatic carbocycles. The number of carbonyl (C=O) groups excluding carboxylic acids is 2. The zero-order valence-electron chi connectivity index (χ0n) is 14.3. The number of carbonyl (C=O) groups is 2. The minimum Gasteiger partial charge on any atom is -0.375 e. The third-order valence-electron chi connectivity index (χ3n) is 3.55. The third-order valence-corrected chi connectivity index (χ3v) is 3.55. The SMILES string of the molecule is COCC(=O)Nc1ccc(NC(=O)C(C)n2cc(C)cn2)cc1C. The third kappa shape index (κ3) is 4.42. The number of anilines is 2. The summed E-state index contributed by atoms with van der Waals surface area (Å²) >= 11 is 0. The number of benzene rings is 1. The fourth-order valence-corrected chi connectivity index (χ4v) is 2.21. The van der Waals surface area contributed by atoms with Crippen molar-refractivity contribution in [3.8, 4) is 0 Å². The van der Waals surface area contributed by atoms with Crippen molar-refractivity contribution in [3.05, 3.63) is 41.7 Å². The molecule has 0 saturated heterocycles. The van der Waals surface area contributed by atoms with Crippen molar-refractivity contribution in [1.82, 2.24) is 9.78 Å². The van der Waals surface area contributed by atoms with Gasteiger partial charge in [0, 0.05) is 24.7 Å². The van der Waals surface area contributed by atoms with Crippen molar-refractivity contribution in [2.45, 2.75) is 26.8 Å². The molecule has 0 radical (unpaired) electrons. The minimum absolute atomic E-state index is 0.00126. The first-order chi connectivity index (χ1) is 11.4. The zero-order chi connectivity index (χ0) is 17.7. The Balaban J connectivity index is 2.03. The molecule has 128 valence electrons. The quantitative estimate of drug-likeness (QED) is 0.851. The highest BCUT2D eigenvalue weighted by atomic mass is 16.5. The number of methoxy groups -OCH3 is 1. The Morgan fingerprint density at radius 1 is 1.29 bits per heavy atom. The van der Waals surface area contributed by atoms with Crippen LogP contribution in [0.2, 0.25) is 0 Å². The highest BCUT2D eigenvalue weighted by molar-refractivity contribution is 5.95. The van der Waals surface area contributed by atoms with E-state index in [1.807, 2.05) is 20.0 Å². The van der Waals surface area contributed by atoms with Crippen molar-refractivity contribution in [2.75, 3.05) is 24.4 Å². The van der Waals surface area contributed by atoms with Gasteiger partial charge in [0.05, 0.1) is 6.20 Å². The van der Waals surface area contributed by atoms with E-state index in [1.165, 1.54) is 7.11 Å². The van der Waals surface area contributed by atoms with Gasteiger partial charge in [-0.1, -0.05) is 0 Å². The summed E-state index contributed by atoms with van der Waals surface area (Å²) in [7, 11) is 1.47. The Kier molecular flexibility index (Phi) is 5.70. The van der Waals surface area contributed by atoms with Crippen LogP contribution in [0.1, 0.15) is 24.1 Å². The summed E-state index contributed by atoms with van der Waals surface area (Å²) < 4.78 is 6.41. The average Bonchev–Trinajstić information content (AvgIpc) is 2.96. The van der Waals surface area contributed by atoms with E-state index in [2.05, 4.69) is 15.7 Å². The van der Waals surface area contributed by atoms with E-state index in [0.29, 0.717) is 11.4 Å². The highest BCUT2D eigenvalue weighted by Crippen LogP contribution is 2.20. The molecule has 1 heterocycles. The second-order valence-corrected chi connectivity index (χ2v) is 5.67. The van der Waals surface area contributed by atoms with Crippen molar-refractivity contribution >= 4 is 23.2 Å². The first-order valence-corrected chi connectivity index (χ1v) is 7.61. The van der Waals surface area contributed by atoms with E-state index in [9.17, 15) is 9.59 Å². The number of nitrogens with one attached hydrogen (secondary N) is 2. The first-order valence-electron chi connectivity index (χ1n) is 7.61. The fourth-order valence-electron chi connectivity index (χ4n) is 2.21. The van der Waals surface area contributed by atoms with Crippen LogP contribution in [0.4, 0.5) is 11.4 Å². The van der Waals surface area contributed by atoms with Gasteiger partial charge in [-0.05, 0) is 50.1 Å². The lowest BCUT2D eigenvalue weighted by Crippen LogP contribution is -2.24. The topological polar surface area (TPSA) is 85.3 Å². The zero-order valence-corrected chi connectivity index (χ0v) is 14.3. The minimum atomic E-state index is -0.417. The van der Waals surface area contributed by atoms with Gasteiger partial charge in [0.25, 0.3) is 0 Å². The number of amides is 2. The predicted octanol–water partition coefficient (Wildman–Crippen LogP) is 2.28. The average molecular weight is 330 g/mol. The molecule has 0 aliphatic heterocycles. The van der Waals surface area contributed by atoms with Crippen LogP contribution in [0, 0.1) is 13.8 Å². The van der Waals surface area contributed by atoms with Crippen molar-refractivity contribution in [1.29, 1.82) is 0 Å². The van der Waals surface area contributed by atoms with Gasteiger partial charge in [0.2, 0.25) is 11.8 Å². The Labute approximate surface area is 141 Å². The molecule has 2 amide bonds. The molecule has 24 heavy (non-hydrogen) atoms. The van der Waals surface area contributed by atoms with Gasteiger partial charge in [0.1, 0.15) is 12.6 Å². The summed E-state index contributed by atoms with van der Waals surface area (Å²) in [5.41, 5.74) is 3.20. The maximum absolute atomic E-state index is 12.3. The summed E-state index contributed by atoms with van der Waals surface area (Å²) in [5, 5.41) is 9.77. The Hall–Kier alpha value is -2.67. The Morgan fingerprint density at radius 2 is 2.04 bits per heavy atom. The van der Waals surface area contributed by atoms with Gasteiger partial charge < -0.3 is 15.4 Å². The summed E-state index contributed by atoms with van der Waals surface area (Å²) in [6, 6.07) is 4.89. The van der Waals surface area contributed by atoms with Crippen molar-refractivity contribution in [3.63, 3.8) is 0 Å². The van der Waals surface area contributed by atoms with Crippen LogP contribution in [-0.2, 0) is 14.3 Å². The Bertz CT molecular complexity index is 739. The largest absolute Gasteiger partial charge is 0.375 e. The maximum atomic E-state index is 12.3. The molecule has 1 aromatic carbocycles. The van der Waals surface area contributed by atoms with Crippen LogP contribution in [0.5, 0.6) is 0 Å². The summed E-state index contributed by atoms with van der Waals surface area (Å²) in [5.74, 6) is -0.381. The first kappa shape index (κ1) is 17.7. The van der Waals surface area contributed by atoms with E-state index >= 15 is 0 Å². The van der Waals surface area contributed by atoms with Gasteiger partial charge in [0.15, 0.2) is 0 Å². The van der Waals surface area contributed by atoms with E-state index in [0.717, 1.165) is 11.1 Å². The lowest BCUT2D eigenvalue weighted by Gasteiger charge is -2.14. The number of rotatable bonds is 6.